The lowest BCUT2D eigenvalue weighted by Gasteiger charge is -2.23. The summed E-state index contributed by atoms with van der Waals surface area (Å²) in [6.45, 7) is 4.51. The molecule has 0 aliphatic carbocycles. The number of aromatic nitrogens is 1. The number of hydrogen-bond acceptors (Lipinski definition) is 2. The first-order chi connectivity index (χ1) is 13.2. The van der Waals surface area contributed by atoms with Gasteiger partial charge in [-0.3, -0.25) is 4.79 Å². The number of carbonyl (C=O) groups excluding carboxylic acids is 1. The Bertz CT molecular complexity index is 871. The molecule has 0 fully saturated rings. The highest BCUT2D eigenvalue weighted by molar-refractivity contribution is 5.94. The van der Waals surface area contributed by atoms with Crippen LogP contribution in [0.5, 0.6) is 0 Å². The Morgan fingerprint density at radius 1 is 1.04 bits per heavy atom. The third-order valence-electron chi connectivity index (χ3n) is 4.59. The Morgan fingerprint density at radius 3 is 2.59 bits per heavy atom. The van der Waals surface area contributed by atoms with Crippen LogP contribution in [0, 0.1) is 6.92 Å². The molecule has 0 aliphatic rings. The van der Waals surface area contributed by atoms with Crippen molar-refractivity contribution in [2.75, 3.05) is 20.3 Å². The number of benzene rings is 2. The average Bonchev–Trinajstić information content (AvgIpc) is 3.12. The van der Waals surface area contributed by atoms with Crippen molar-refractivity contribution in [2.45, 2.75) is 20.0 Å². The van der Waals surface area contributed by atoms with E-state index in [1.165, 1.54) is 11.1 Å². The molecule has 0 atom stereocenters. The van der Waals surface area contributed by atoms with Gasteiger partial charge in [-0.05, 0) is 36.8 Å². The summed E-state index contributed by atoms with van der Waals surface area (Å²) >= 11 is 0. The first-order valence-corrected chi connectivity index (χ1v) is 9.20. The van der Waals surface area contributed by atoms with Crippen LogP contribution in [0.25, 0.3) is 0 Å². The van der Waals surface area contributed by atoms with Crippen molar-refractivity contribution in [1.29, 1.82) is 0 Å². The van der Waals surface area contributed by atoms with E-state index in [0.717, 1.165) is 12.2 Å². The first-order valence-electron chi connectivity index (χ1n) is 9.20. The molecule has 1 heterocycles. The van der Waals surface area contributed by atoms with Gasteiger partial charge in [0.1, 0.15) is 0 Å². The minimum atomic E-state index is 0.0240. The highest BCUT2D eigenvalue weighted by Gasteiger charge is 2.17. The van der Waals surface area contributed by atoms with Crippen LogP contribution in [-0.4, -0.2) is 35.6 Å². The van der Waals surface area contributed by atoms with Gasteiger partial charge in [-0.1, -0.05) is 48.0 Å². The summed E-state index contributed by atoms with van der Waals surface area (Å²) in [5.41, 5.74) is 4.31. The quantitative estimate of drug-likeness (QED) is 0.604. The van der Waals surface area contributed by atoms with Crippen LogP contribution in [-0.2, 0) is 17.8 Å². The lowest BCUT2D eigenvalue weighted by molar-refractivity contribution is 0.0676. The van der Waals surface area contributed by atoms with Crippen LogP contribution >= 0.6 is 0 Å². The van der Waals surface area contributed by atoms with Gasteiger partial charge in [-0.15, -0.1) is 0 Å². The second kappa shape index (κ2) is 9.19. The summed E-state index contributed by atoms with van der Waals surface area (Å²) < 4.78 is 7.42. The predicted octanol–water partition coefficient (Wildman–Crippen LogP) is 4.13. The molecule has 27 heavy (non-hydrogen) atoms. The van der Waals surface area contributed by atoms with E-state index in [0.29, 0.717) is 25.3 Å². The van der Waals surface area contributed by atoms with E-state index in [1.807, 2.05) is 41.3 Å². The molecule has 1 amide bonds. The number of amides is 1. The minimum Gasteiger partial charge on any atom is -0.383 e. The molecule has 0 bridgehead atoms. The Labute approximate surface area is 161 Å². The number of nitrogens with zero attached hydrogens (tertiary/aromatic N) is 2. The van der Waals surface area contributed by atoms with E-state index < -0.39 is 0 Å². The lowest BCUT2D eigenvalue weighted by atomic mass is 10.1. The molecule has 1 aromatic heterocycles. The van der Waals surface area contributed by atoms with Gasteiger partial charge < -0.3 is 14.2 Å². The van der Waals surface area contributed by atoms with Crippen LogP contribution < -0.4 is 0 Å². The van der Waals surface area contributed by atoms with Crippen molar-refractivity contribution in [3.63, 3.8) is 0 Å². The zero-order valence-corrected chi connectivity index (χ0v) is 16.0. The minimum absolute atomic E-state index is 0.0240. The average molecular weight is 362 g/mol. The summed E-state index contributed by atoms with van der Waals surface area (Å²) in [6, 6.07) is 22.0. The highest BCUT2D eigenvalue weighted by Crippen LogP contribution is 2.14. The highest BCUT2D eigenvalue weighted by atomic mass is 16.5. The predicted molar refractivity (Wildman–Crippen MR) is 108 cm³/mol. The van der Waals surface area contributed by atoms with Crippen LogP contribution in [0.2, 0.25) is 0 Å². The Kier molecular flexibility index (Phi) is 6.44. The Morgan fingerprint density at radius 2 is 1.85 bits per heavy atom. The standard InChI is InChI=1S/C23H26N2O2/c1-19-8-6-9-20(16-19)17-24-13-7-12-22(24)18-25(14-15-27-2)23(26)21-10-4-3-5-11-21/h3-13,16H,14-15,17-18H2,1-2H3. The summed E-state index contributed by atoms with van der Waals surface area (Å²) in [5, 5.41) is 0. The van der Waals surface area contributed by atoms with Gasteiger partial charge in [0.15, 0.2) is 0 Å². The molecular weight excluding hydrogens is 336 g/mol. The Hall–Kier alpha value is -2.85. The van der Waals surface area contributed by atoms with E-state index in [1.54, 1.807) is 7.11 Å². The van der Waals surface area contributed by atoms with E-state index >= 15 is 0 Å². The van der Waals surface area contributed by atoms with Gasteiger partial charge in [0.2, 0.25) is 0 Å². The van der Waals surface area contributed by atoms with Gasteiger partial charge in [0.05, 0.1) is 13.2 Å². The maximum atomic E-state index is 13.0. The molecule has 0 aliphatic heterocycles. The molecule has 0 unspecified atom stereocenters. The molecule has 140 valence electrons. The first kappa shape index (κ1) is 18.9. The lowest BCUT2D eigenvalue weighted by Crippen LogP contribution is -2.34. The van der Waals surface area contributed by atoms with Crippen molar-refractivity contribution >= 4 is 5.91 Å². The Balaban J connectivity index is 1.78. The van der Waals surface area contributed by atoms with Gasteiger partial charge in [-0.2, -0.15) is 0 Å². The van der Waals surface area contributed by atoms with Crippen LogP contribution in [0.3, 0.4) is 0 Å². The molecule has 4 nitrogen and oxygen atoms in total. The fourth-order valence-corrected chi connectivity index (χ4v) is 3.17. The summed E-state index contributed by atoms with van der Waals surface area (Å²) in [6.07, 6.45) is 2.07. The SMILES string of the molecule is COCCN(Cc1cccn1Cc1cccc(C)c1)C(=O)c1ccccc1. The third-order valence-corrected chi connectivity index (χ3v) is 4.59. The molecular formula is C23H26N2O2. The van der Waals surface area contributed by atoms with Crippen molar-refractivity contribution < 1.29 is 9.53 Å². The fraction of sp³-hybridized carbons (Fsp3) is 0.261. The maximum Gasteiger partial charge on any atom is 0.254 e. The number of ether oxygens (including phenoxy) is 1. The van der Waals surface area contributed by atoms with Gasteiger partial charge in [0, 0.05) is 37.7 Å². The molecule has 0 spiro atoms. The zero-order valence-electron chi connectivity index (χ0n) is 16.0. The molecule has 0 saturated carbocycles. The van der Waals surface area contributed by atoms with E-state index in [-0.39, 0.29) is 5.91 Å². The largest absolute Gasteiger partial charge is 0.383 e. The molecule has 4 heteroatoms. The van der Waals surface area contributed by atoms with E-state index in [4.69, 9.17) is 4.74 Å². The van der Waals surface area contributed by atoms with Crippen molar-refractivity contribution in [3.05, 3.63) is 95.3 Å². The molecule has 3 aromatic rings. The van der Waals surface area contributed by atoms with Gasteiger partial charge >= 0.3 is 0 Å². The summed E-state index contributed by atoms with van der Waals surface area (Å²) in [7, 11) is 1.66. The second-order valence-corrected chi connectivity index (χ2v) is 6.70. The van der Waals surface area contributed by atoms with Crippen LogP contribution in [0.15, 0.2) is 72.9 Å². The molecule has 0 radical (unpaired) electrons. The summed E-state index contributed by atoms with van der Waals surface area (Å²) in [5.74, 6) is 0.0240. The van der Waals surface area contributed by atoms with E-state index in [2.05, 4.69) is 48.0 Å². The second-order valence-electron chi connectivity index (χ2n) is 6.70. The smallest absolute Gasteiger partial charge is 0.254 e. The van der Waals surface area contributed by atoms with Crippen LogP contribution in [0.1, 0.15) is 27.2 Å². The van der Waals surface area contributed by atoms with Crippen molar-refractivity contribution in [2.24, 2.45) is 0 Å². The number of aryl methyl sites for hydroxylation is 1. The molecule has 0 N–H and O–H groups in total. The van der Waals surface area contributed by atoms with Crippen molar-refractivity contribution in [3.8, 4) is 0 Å². The topological polar surface area (TPSA) is 34.5 Å². The van der Waals surface area contributed by atoms with E-state index in [9.17, 15) is 4.79 Å². The number of hydrogen-bond donors (Lipinski definition) is 0. The monoisotopic (exact) mass is 362 g/mol. The maximum absolute atomic E-state index is 13.0. The fourth-order valence-electron chi connectivity index (χ4n) is 3.17. The summed E-state index contributed by atoms with van der Waals surface area (Å²) in [4.78, 5) is 14.8. The van der Waals surface area contributed by atoms with Gasteiger partial charge in [0.25, 0.3) is 5.91 Å². The number of rotatable bonds is 8. The van der Waals surface area contributed by atoms with Crippen LogP contribution in [0.4, 0.5) is 0 Å². The third kappa shape index (κ3) is 5.08. The number of carbonyl (C=O) groups is 1. The molecule has 2 aromatic carbocycles. The molecule has 3 rings (SSSR count). The van der Waals surface area contributed by atoms with Crippen molar-refractivity contribution in [1.82, 2.24) is 9.47 Å². The normalized spacial score (nSPS) is 10.7. The number of methoxy groups -OCH3 is 1. The molecule has 0 saturated heterocycles. The van der Waals surface area contributed by atoms with Gasteiger partial charge in [-0.25, -0.2) is 0 Å². The zero-order chi connectivity index (χ0) is 19.1.